The third-order valence-electron chi connectivity index (χ3n) is 3.96. The van der Waals surface area contributed by atoms with Crippen LogP contribution in [0.4, 0.5) is 5.69 Å². The predicted octanol–water partition coefficient (Wildman–Crippen LogP) is 2.18. The molecule has 0 aliphatic carbocycles. The molecular formula is C16H23N3O3. The summed E-state index contributed by atoms with van der Waals surface area (Å²) in [6.07, 6.45) is 5.57. The molecule has 0 aromatic heterocycles. The number of carbonyl (C=O) groups is 1. The summed E-state index contributed by atoms with van der Waals surface area (Å²) >= 11 is 0. The molecule has 6 nitrogen and oxygen atoms in total. The van der Waals surface area contributed by atoms with Crippen molar-refractivity contribution in [1.82, 2.24) is 10.6 Å². The van der Waals surface area contributed by atoms with Crippen LogP contribution in [-0.2, 0) is 11.2 Å². The zero-order chi connectivity index (χ0) is 15.8. The lowest BCUT2D eigenvalue weighted by Gasteiger charge is -2.10. The van der Waals surface area contributed by atoms with E-state index in [9.17, 15) is 14.9 Å². The zero-order valence-corrected chi connectivity index (χ0v) is 12.7. The van der Waals surface area contributed by atoms with Crippen molar-refractivity contribution in [3.8, 4) is 0 Å². The molecule has 2 N–H and O–H groups in total. The van der Waals surface area contributed by atoms with E-state index in [4.69, 9.17) is 0 Å². The van der Waals surface area contributed by atoms with Crippen LogP contribution in [0.1, 0.15) is 37.7 Å². The van der Waals surface area contributed by atoms with Crippen LogP contribution in [0.25, 0.3) is 0 Å². The third-order valence-corrected chi connectivity index (χ3v) is 3.96. The van der Waals surface area contributed by atoms with Crippen LogP contribution in [0.3, 0.4) is 0 Å². The Kier molecular flexibility index (Phi) is 6.33. The number of carbonyl (C=O) groups excluding carboxylic acids is 1. The summed E-state index contributed by atoms with van der Waals surface area (Å²) in [7, 11) is 0. The average molecular weight is 305 g/mol. The highest BCUT2D eigenvalue weighted by Gasteiger charge is 2.16. The van der Waals surface area contributed by atoms with Crippen molar-refractivity contribution in [1.29, 1.82) is 0 Å². The van der Waals surface area contributed by atoms with Crippen molar-refractivity contribution in [3.63, 3.8) is 0 Å². The number of non-ortho nitro benzene ring substituents is 1. The molecule has 1 unspecified atom stereocenters. The Labute approximate surface area is 130 Å². The van der Waals surface area contributed by atoms with Crippen molar-refractivity contribution in [3.05, 3.63) is 39.9 Å². The Morgan fingerprint density at radius 1 is 1.32 bits per heavy atom. The molecule has 0 radical (unpaired) electrons. The summed E-state index contributed by atoms with van der Waals surface area (Å²) in [4.78, 5) is 21.9. The van der Waals surface area contributed by atoms with Gasteiger partial charge in [0.1, 0.15) is 0 Å². The van der Waals surface area contributed by atoms with Crippen LogP contribution in [0.15, 0.2) is 24.3 Å². The van der Waals surface area contributed by atoms with Gasteiger partial charge in [0.25, 0.3) is 5.69 Å². The Hall–Kier alpha value is -1.95. The fraction of sp³-hybridized carbons (Fsp3) is 0.562. The maximum atomic E-state index is 11.7. The Morgan fingerprint density at radius 2 is 2.09 bits per heavy atom. The molecule has 1 aliphatic heterocycles. The van der Waals surface area contributed by atoms with Gasteiger partial charge in [0, 0.05) is 31.1 Å². The van der Waals surface area contributed by atoms with E-state index < -0.39 is 4.92 Å². The first kappa shape index (κ1) is 16.4. The predicted molar refractivity (Wildman–Crippen MR) is 84.7 cm³/mol. The number of aryl methyl sites for hydroxylation is 1. The Morgan fingerprint density at radius 3 is 2.73 bits per heavy atom. The van der Waals surface area contributed by atoms with Crippen LogP contribution in [-0.4, -0.2) is 30.0 Å². The lowest BCUT2D eigenvalue weighted by molar-refractivity contribution is -0.384. The van der Waals surface area contributed by atoms with E-state index >= 15 is 0 Å². The molecule has 6 heteroatoms. The number of hydrogen-bond acceptors (Lipinski definition) is 4. The second kappa shape index (κ2) is 8.48. The first-order chi connectivity index (χ1) is 10.6. The van der Waals surface area contributed by atoms with Gasteiger partial charge < -0.3 is 10.6 Å². The number of rotatable bonds is 8. The topological polar surface area (TPSA) is 84.3 Å². The molecule has 1 atom stereocenters. The number of hydrogen-bond donors (Lipinski definition) is 2. The van der Waals surface area contributed by atoms with E-state index in [-0.39, 0.29) is 11.6 Å². The summed E-state index contributed by atoms with van der Waals surface area (Å²) in [5.74, 6) is 0.120. The number of benzene rings is 1. The van der Waals surface area contributed by atoms with Gasteiger partial charge in [-0.1, -0.05) is 12.1 Å². The zero-order valence-electron chi connectivity index (χ0n) is 12.7. The van der Waals surface area contributed by atoms with Crippen LogP contribution in [0.2, 0.25) is 0 Å². The van der Waals surface area contributed by atoms with E-state index in [2.05, 4.69) is 10.6 Å². The molecule has 1 aromatic carbocycles. The fourth-order valence-electron chi connectivity index (χ4n) is 2.69. The quantitative estimate of drug-likeness (QED) is 0.438. The fourth-order valence-corrected chi connectivity index (χ4v) is 2.69. The SMILES string of the molecule is O=C(CC1CCCN1)NCCCCc1ccc([N+](=O)[O-])cc1. The molecule has 1 heterocycles. The molecule has 0 spiro atoms. The Bertz CT molecular complexity index is 496. The normalized spacial score (nSPS) is 17.4. The number of amides is 1. The highest BCUT2D eigenvalue weighted by molar-refractivity contribution is 5.76. The van der Waals surface area contributed by atoms with Gasteiger partial charge in [0.2, 0.25) is 5.91 Å². The molecule has 1 fully saturated rings. The highest BCUT2D eigenvalue weighted by atomic mass is 16.6. The van der Waals surface area contributed by atoms with Crippen molar-refractivity contribution in [2.45, 2.75) is 44.6 Å². The molecule has 1 aromatic rings. The molecule has 0 saturated carbocycles. The van der Waals surface area contributed by atoms with E-state index in [0.29, 0.717) is 19.0 Å². The third kappa shape index (κ3) is 5.44. The van der Waals surface area contributed by atoms with Gasteiger partial charge in [0.15, 0.2) is 0 Å². The average Bonchev–Trinajstić information content (AvgIpc) is 3.00. The van der Waals surface area contributed by atoms with Gasteiger partial charge in [-0.15, -0.1) is 0 Å². The largest absolute Gasteiger partial charge is 0.356 e. The summed E-state index contributed by atoms with van der Waals surface area (Å²) in [6, 6.07) is 7.00. The van der Waals surface area contributed by atoms with Crippen LogP contribution < -0.4 is 10.6 Å². The number of nitrogens with one attached hydrogen (secondary N) is 2. The monoisotopic (exact) mass is 305 g/mol. The molecule has 1 aliphatic rings. The summed E-state index contributed by atoms with van der Waals surface area (Å²) in [5, 5.41) is 16.8. The van der Waals surface area contributed by atoms with Gasteiger partial charge >= 0.3 is 0 Å². The molecule has 2 rings (SSSR count). The smallest absolute Gasteiger partial charge is 0.269 e. The summed E-state index contributed by atoms with van der Waals surface area (Å²) in [6.45, 7) is 1.71. The maximum absolute atomic E-state index is 11.7. The lowest BCUT2D eigenvalue weighted by atomic mass is 10.1. The second-order valence-corrected chi connectivity index (χ2v) is 5.73. The van der Waals surface area contributed by atoms with Crippen LogP contribution in [0.5, 0.6) is 0 Å². The van der Waals surface area contributed by atoms with E-state index in [0.717, 1.165) is 44.2 Å². The van der Waals surface area contributed by atoms with Gasteiger partial charge in [-0.3, -0.25) is 14.9 Å². The number of nitro benzene ring substituents is 1. The van der Waals surface area contributed by atoms with Gasteiger partial charge in [-0.2, -0.15) is 0 Å². The molecule has 0 bridgehead atoms. The van der Waals surface area contributed by atoms with Crippen molar-refractivity contribution < 1.29 is 9.72 Å². The molecule has 1 amide bonds. The van der Waals surface area contributed by atoms with E-state index in [1.54, 1.807) is 12.1 Å². The minimum atomic E-state index is -0.390. The molecule has 1 saturated heterocycles. The van der Waals surface area contributed by atoms with Gasteiger partial charge in [-0.05, 0) is 44.2 Å². The minimum Gasteiger partial charge on any atom is -0.356 e. The number of nitro groups is 1. The summed E-state index contributed by atoms with van der Waals surface area (Å²) < 4.78 is 0. The van der Waals surface area contributed by atoms with E-state index in [1.165, 1.54) is 12.1 Å². The van der Waals surface area contributed by atoms with Crippen LogP contribution >= 0.6 is 0 Å². The highest BCUT2D eigenvalue weighted by Crippen LogP contribution is 2.13. The number of unbranched alkanes of at least 4 members (excludes halogenated alkanes) is 1. The van der Waals surface area contributed by atoms with Crippen molar-refractivity contribution in [2.75, 3.05) is 13.1 Å². The van der Waals surface area contributed by atoms with Gasteiger partial charge in [-0.25, -0.2) is 0 Å². The first-order valence-electron chi connectivity index (χ1n) is 7.88. The molecular weight excluding hydrogens is 282 g/mol. The lowest BCUT2D eigenvalue weighted by Crippen LogP contribution is -2.32. The van der Waals surface area contributed by atoms with Gasteiger partial charge in [0.05, 0.1) is 4.92 Å². The maximum Gasteiger partial charge on any atom is 0.269 e. The second-order valence-electron chi connectivity index (χ2n) is 5.73. The van der Waals surface area contributed by atoms with E-state index in [1.807, 2.05) is 0 Å². The van der Waals surface area contributed by atoms with Crippen molar-refractivity contribution in [2.24, 2.45) is 0 Å². The summed E-state index contributed by atoms with van der Waals surface area (Å²) in [5.41, 5.74) is 1.21. The van der Waals surface area contributed by atoms with Crippen LogP contribution in [0, 0.1) is 10.1 Å². The van der Waals surface area contributed by atoms with Crippen molar-refractivity contribution >= 4 is 11.6 Å². The first-order valence-corrected chi connectivity index (χ1v) is 7.88. The number of nitrogens with zero attached hydrogens (tertiary/aromatic N) is 1. The Balaban J connectivity index is 1.56. The molecule has 22 heavy (non-hydrogen) atoms. The standard InChI is InChI=1S/C16H23N3O3/c20-16(12-14-5-3-11-17-14)18-10-2-1-4-13-6-8-15(9-7-13)19(21)22/h6-9,14,17H,1-5,10-12H2,(H,18,20). The molecule has 120 valence electrons. The minimum absolute atomic E-state index is 0.120.